The molecule has 0 amide bonds. The lowest BCUT2D eigenvalue weighted by Gasteiger charge is -1.95. The Morgan fingerprint density at radius 2 is 2.41 bits per heavy atom. The van der Waals surface area contributed by atoms with Crippen LogP contribution in [0.1, 0.15) is 17.4 Å². The van der Waals surface area contributed by atoms with Crippen molar-refractivity contribution in [3.63, 3.8) is 0 Å². The molecule has 0 aliphatic rings. The van der Waals surface area contributed by atoms with Crippen LogP contribution in [-0.2, 0) is 4.74 Å². The van der Waals surface area contributed by atoms with Crippen LogP contribution in [0.15, 0.2) is 15.9 Å². The first-order valence-corrected chi connectivity index (χ1v) is 7.56. The number of esters is 1. The van der Waals surface area contributed by atoms with Gasteiger partial charge in [0, 0.05) is 9.85 Å². The van der Waals surface area contributed by atoms with Gasteiger partial charge in [-0.25, -0.2) is 9.78 Å². The summed E-state index contributed by atoms with van der Waals surface area (Å²) in [4.78, 5) is 16.6. The molecule has 0 N–H and O–H groups in total. The summed E-state index contributed by atoms with van der Waals surface area (Å²) in [6.07, 6.45) is 0. The third kappa shape index (κ3) is 2.88. The van der Waals surface area contributed by atoms with Gasteiger partial charge in [-0.15, -0.1) is 22.7 Å². The van der Waals surface area contributed by atoms with Crippen LogP contribution < -0.4 is 0 Å². The number of thiazole rings is 1. The van der Waals surface area contributed by atoms with Crippen molar-refractivity contribution in [3.8, 4) is 9.88 Å². The summed E-state index contributed by atoms with van der Waals surface area (Å²) >= 11 is 12.1. The molecule has 7 heteroatoms. The maximum absolute atomic E-state index is 11.5. The Balaban J connectivity index is 2.26. The van der Waals surface area contributed by atoms with Gasteiger partial charge in [-0.3, -0.25) is 0 Å². The molecule has 0 aromatic carbocycles. The van der Waals surface area contributed by atoms with Gasteiger partial charge in [0.25, 0.3) is 0 Å². The van der Waals surface area contributed by atoms with Crippen LogP contribution in [0.3, 0.4) is 0 Å². The van der Waals surface area contributed by atoms with Gasteiger partial charge in [0.1, 0.15) is 9.34 Å². The van der Waals surface area contributed by atoms with Gasteiger partial charge in [-0.05, 0) is 28.9 Å². The molecule has 0 unspecified atom stereocenters. The highest BCUT2D eigenvalue weighted by Gasteiger charge is 2.15. The van der Waals surface area contributed by atoms with E-state index in [0.29, 0.717) is 16.6 Å². The van der Waals surface area contributed by atoms with E-state index in [-0.39, 0.29) is 0 Å². The third-order valence-electron chi connectivity index (χ3n) is 1.84. The first-order chi connectivity index (χ1) is 8.11. The maximum atomic E-state index is 11.5. The number of thiophene rings is 1. The normalized spacial score (nSPS) is 10.5. The van der Waals surface area contributed by atoms with Gasteiger partial charge in [-0.2, -0.15) is 0 Å². The smallest absolute Gasteiger partial charge is 0.357 e. The van der Waals surface area contributed by atoms with Crippen molar-refractivity contribution < 1.29 is 9.53 Å². The first-order valence-electron chi connectivity index (χ1n) is 4.69. The van der Waals surface area contributed by atoms with Crippen molar-refractivity contribution in [1.82, 2.24) is 4.98 Å². The molecule has 0 atom stereocenters. The molecule has 2 aromatic heterocycles. The summed E-state index contributed by atoms with van der Waals surface area (Å²) in [6, 6.07) is 1.89. The van der Waals surface area contributed by atoms with E-state index in [1.165, 1.54) is 22.7 Å². The van der Waals surface area contributed by atoms with Crippen molar-refractivity contribution in [2.75, 3.05) is 6.61 Å². The Hall–Kier alpha value is -0.430. The summed E-state index contributed by atoms with van der Waals surface area (Å²) in [5.41, 5.74) is 0.340. The van der Waals surface area contributed by atoms with Crippen LogP contribution in [0.25, 0.3) is 9.88 Å². The highest BCUT2D eigenvalue weighted by Crippen LogP contribution is 2.39. The molecule has 2 rings (SSSR count). The van der Waals surface area contributed by atoms with E-state index >= 15 is 0 Å². The number of carbonyl (C=O) groups is 1. The second kappa shape index (κ2) is 5.48. The average molecular weight is 353 g/mol. The lowest BCUT2D eigenvalue weighted by Crippen LogP contribution is -2.04. The molecular formula is C10H7BrClNO2S2. The SMILES string of the molecule is CCOC(=O)c1csc(-c2cc(Br)c(Cl)s2)n1. The van der Waals surface area contributed by atoms with Crippen LogP contribution in [0, 0.1) is 0 Å². The molecule has 2 aromatic rings. The highest BCUT2D eigenvalue weighted by molar-refractivity contribution is 9.10. The van der Waals surface area contributed by atoms with E-state index in [1.54, 1.807) is 12.3 Å². The van der Waals surface area contributed by atoms with Gasteiger partial charge in [-0.1, -0.05) is 11.6 Å². The van der Waals surface area contributed by atoms with E-state index < -0.39 is 5.97 Å². The highest BCUT2D eigenvalue weighted by atomic mass is 79.9. The van der Waals surface area contributed by atoms with Gasteiger partial charge in [0.2, 0.25) is 0 Å². The number of rotatable bonds is 3. The minimum absolute atomic E-state index is 0.340. The summed E-state index contributed by atoms with van der Waals surface area (Å²) in [5, 5.41) is 2.46. The molecule has 0 radical (unpaired) electrons. The fraction of sp³-hybridized carbons (Fsp3) is 0.200. The number of hydrogen-bond acceptors (Lipinski definition) is 5. The lowest BCUT2D eigenvalue weighted by molar-refractivity contribution is 0.0520. The summed E-state index contributed by atoms with van der Waals surface area (Å²) in [5.74, 6) is -0.392. The molecule has 17 heavy (non-hydrogen) atoms. The number of carbonyl (C=O) groups excluding carboxylic acids is 1. The predicted octanol–water partition coefficient (Wildman–Crippen LogP) is 4.46. The summed E-state index contributed by atoms with van der Waals surface area (Å²) in [7, 11) is 0. The van der Waals surface area contributed by atoms with Crippen molar-refractivity contribution in [2.45, 2.75) is 6.92 Å². The maximum Gasteiger partial charge on any atom is 0.357 e. The second-order valence-electron chi connectivity index (χ2n) is 2.99. The number of aromatic nitrogens is 1. The molecule has 0 fully saturated rings. The molecule has 0 bridgehead atoms. The monoisotopic (exact) mass is 351 g/mol. The number of ether oxygens (including phenoxy) is 1. The molecule has 3 nitrogen and oxygen atoms in total. The fourth-order valence-corrected chi connectivity index (χ4v) is 3.69. The Bertz CT molecular complexity index is 533. The molecule has 0 aliphatic carbocycles. The Morgan fingerprint density at radius 3 is 3.00 bits per heavy atom. The van der Waals surface area contributed by atoms with Crippen molar-refractivity contribution >= 4 is 56.2 Å². The summed E-state index contributed by atoms with van der Waals surface area (Å²) in [6.45, 7) is 2.11. The standard InChI is InChI=1S/C10H7BrClNO2S2/c1-2-15-10(14)6-4-16-9(13-6)7-3-5(11)8(12)17-7/h3-4H,2H2,1H3. The molecule has 2 heterocycles. The van der Waals surface area contributed by atoms with E-state index in [4.69, 9.17) is 16.3 Å². The number of nitrogens with zero attached hydrogens (tertiary/aromatic N) is 1. The topological polar surface area (TPSA) is 39.2 Å². The Labute approximate surface area is 120 Å². The predicted molar refractivity (Wildman–Crippen MR) is 74.1 cm³/mol. The summed E-state index contributed by atoms with van der Waals surface area (Å²) < 4.78 is 6.39. The minimum Gasteiger partial charge on any atom is -0.461 e. The second-order valence-corrected chi connectivity index (χ2v) is 6.36. The van der Waals surface area contributed by atoms with Gasteiger partial charge >= 0.3 is 5.97 Å². The van der Waals surface area contributed by atoms with Gasteiger partial charge in [0.15, 0.2) is 5.69 Å². The number of hydrogen-bond donors (Lipinski definition) is 0. The van der Waals surface area contributed by atoms with E-state index in [1.807, 2.05) is 6.07 Å². The molecule has 0 spiro atoms. The van der Waals surface area contributed by atoms with Crippen LogP contribution in [-0.4, -0.2) is 17.6 Å². The van der Waals surface area contributed by atoms with Crippen molar-refractivity contribution in [1.29, 1.82) is 0 Å². The Morgan fingerprint density at radius 1 is 1.65 bits per heavy atom. The minimum atomic E-state index is -0.392. The third-order valence-corrected chi connectivity index (χ3v) is 5.33. The first kappa shape index (κ1) is 13.0. The molecular weight excluding hydrogens is 346 g/mol. The Kier molecular flexibility index (Phi) is 4.19. The molecule has 0 saturated carbocycles. The molecule has 90 valence electrons. The molecule has 0 saturated heterocycles. The zero-order valence-electron chi connectivity index (χ0n) is 8.70. The fourth-order valence-electron chi connectivity index (χ4n) is 1.14. The van der Waals surface area contributed by atoms with Crippen LogP contribution >= 0.6 is 50.2 Å². The quantitative estimate of drug-likeness (QED) is 0.765. The zero-order chi connectivity index (χ0) is 12.4. The largest absolute Gasteiger partial charge is 0.461 e. The van der Waals surface area contributed by atoms with Crippen LogP contribution in [0.5, 0.6) is 0 Å². The van der Waals surface area contributed by atoms with Crippen molar-refractivity contribution in [3.05, 3.63) is 25.9 Å². The van der Waals surface area contributed by atoms with Gasteiger partial charge in [0.05, 0.1) is 11.5 Å². The van der Waals surface area contributed by atoms with E-state index in [0.717, 1.165) is 14.4 Å². The van der Waals surface area contributed by atoms with Crippen molar-refractivity contribution in [2.24, 2.45) is 0 Å². The number of halogens is 2. The molecule has 0 aliphatic heterocycles. The van der Waals surface area contributed by atoms with E-state index in [9.17, 15) is 4.79 Å². The van der Waals surface area contributed by atoms with Crippen LogP contribution in [0.2, 0.25) is 4.34 Å². The lowest BCUT2D eigenvalue weighted by atomic mass is 10.4. The van der Waals surface area contributed by atoms with E-state index in [2.05, 4.69) is 20.9 Å². The average Bonchev–Trinajstić information content (AvgIpc) is 2.87. The zero-order valence-corrected chi connectivity index (χ0v) is 12.7. The van der Waals surface area contributed by atoms with Gasteiger partial charge < -0.3 is 4.74 Å². The van der Waals surface area contributed by atoms with Crippen LogP contribution in [0.4, 0.5) is 0 Å².